The van der Waals surface area contributed by atoms with Crippen LogP contribution in [0.3, 0.4) is 0 Å². The number of carbonyl (C=O) groups excluding carboxylic acids is 1. The first-order valence-electron chi connectivity index (χ1n) is 12.3. The summed E-state index contributed by atoms with van der Waals surface area (Å²) in [5, 5.41) is 20.3. The van der Waals surface area contributed by atoms with Gasteiger partial charge in [-0.2, -0.15) is 13.2 Å². The van der Waals surface area contributed by atoms with Crippen molar-refractivity contribution in [2.24, 2.45) is 5.92 Å². The van der Waals surface area contributed by atoms with E-state index in [1.165, 1.54) is 12.1 Å². The number of halogens is 3. The monoisotopic (exact) mass is 529 g/mol. The largest absolute Gasteiger partial charge is 0.481 e. The van der Waals surface area contributed by atoms with E-state index >= 15 is 0 Å². The first kappa shape index (κ1) is 28.6. The quantitative estimate of drug-likeness (QED) is 0.244. The molecule has 2 N–H and O–H groups in total. The number of alkyl halides is 3. The Morgan fingerprint density at radius 3 is 2.18 bits per heavy atom. The minimum absolute atomic E-state index is 0.0373. The number of Topliss-reactive ketones (excluding diaryl/α,β-unsaturated/α-hetero) is 1. The van der Waals surface area contributed by atoms with Gasteiger partial charge in [0, 0.05) is 35.7 Å². The van der Waals surface area contributed by atoms with Gasteiger partial charge in [0.05, 0.1) is 17.3 Å². The van der Waals surface area contributed by atoms with Gasteiger partial charge >= 0.3 is 12.1 Å². The van der Waals surface area contributed by atoms with Gasteiger partial charge in [0.15, 0.2) is 5.78 Å². The highest BCUT2D eigenvalue weighted by atomic mass is 19.4. The van der Waals surface area contributed by atoms with Crippen molar-refractivity contribution in [1.82, 2.24) is 10.2 Å². The second-order valence-corrected chi connectivity index (χ2v) is 9.36. The lowest BCUT2D eigenvalue weighted by Gasteiger charge is -2.22. The summed E-state index contributed by atoms with van der Waals surface area (Å²) in [6, 6.07) is 14.9. The fourth-order valence-electron chi connectivity index (χ4n) is 3.84. The van der Waals surface area contributed by atoms with Crippen LogP contribution < -0.4 is 10.1 Å². The zero-order valence-corrected chi connectivity index (χ0v) is 21.2. The Labute approximate surface area is 219 Å². The van der Waals surface area contributed by atoms with Gasteiger partial charge in [-0.3, -0.25) is 9.59 Å². The maximum atomic E-state index is 12.8. The number of benzene rings is 2. The van der Waals surface area contributed by atoms with Crippen LogP contribution in [-0.4, -0.2) is 39.7 Å². The minimum Gasteiger partial charge on any atom is -0.481 e. The van der Waals surface area contributed by atoms with Crippen LogP contribution in [0.2, 0.25) is 0 Å². The third-order valence-corrected chi connectivity index (χ3v) is 5.71. The number of carbonyl (C=O) groups is 2. The maximum absolute atomic E-state index is 12.8. The van der Waals surface area contributed by atoms with Gasteiger partial charge in [0.25, 0.3) is 0 Å². The van der Waals surface area contributed by atoms with E-state index in [1.54, 1.807) is 36.4 Å². The lowest BCUT2D eigenvalue weighted by molar-refractivity contribution is -0.138. The number of aliphatic carboxylic acids is 1. The van der Waals surface area contributed by atoms with E-state index in [1.807, 2.05) is 0 Å². The van der Waals surface area contributed by atoms with Gasteiger partial charge < -0.3 is 15.2 Å². The Balaban J connectivity index is 1.57. The lowest BCUT2D eigenvalue weighted by Crippen LogP contribution is -2.29. The smallest absolute Gasteiger partial charge is 0.416 e. The molecule has 0 radical (unpaired) electrons. The highest BCUT2D eigenvalue weighted by Crippen LogP contribution is 2.30. The predicted molar refractivity (Wildman–Crippen MR) is 137 cm³/mol. The van der Waals surface area contributed by atoms with E-state index in [-0.39, 0.29) is 24.7 Å². The second-order valence-electron chi connectivity index (χ2n) is 9.36. The topological polar surface area (TPSA) is 101 Å². The third kappa shape index (κ3) is 8.86. The number of carboxylic acid groups (broad SMARTS) is 1. The van der Waals surface area contributed by atoms with E-state index in [2.05, 4.69) is 29.4 Å². The van der Waals surface area contributed by atoms with Gasteiger partial charge in [0.1, 0.15) is 6.61 Å². The first-order chi connectivity index (χ1) is 18.0. The average molecular weight is 530 g/mol. The SMILES string of the molecule is CC(C)C[C@@H](COc1ccc(-c2ccc(C(F)(F)F)cc2)nn1)Nc1ccc(C(=O)CCCC(=O)O)cc1. The van der Waals surface area contributed by atoms with E-state index in [0.717, 1.165) is 24.2 Å². The molecule has 38 heavy (non-hydrogen) atoms. The van der Waals surface area contributed by atoms with Crippen molar-refractivity contribution in [3.05, 3.63) is 71.8 Å². The Morgan fingerprint density at radius 1 is 0.947 bits per heavy atom. The molecule has 7 nitrogen and oxygen atoms in total. The summed E-state index contributed by atoms with van der Waals surface area (Å²) in [6.07, 6.45) is -3.15. The molecule has 0 spiro atoms. The van der Waals surface area contributed by atoms with Crippen molar-refractivity contribution in [1.29, 1.82) is 0 Å². The molecule has 202 valence electrons. The molecule has 10 heteroatoms. The summed E-state index contributed by atoms with van der Waals surface area (Å²) in [7, 11) is 0. The standard InChI is InChI=1S/C28H30F3N3O4/c1-18(2)16-23(32-22-12-8-20(9-13-22)25(35)4-3-5-27(36)37)17-38-26-15-14-24(33-34-26)19-6-10-21(11-7-19)28(29,30)31/h6-15,18,23,32H,3-5,16-17H2,1-2H3,(H,36,37)/t23-/m0/s1. The molecule has 0 fully saturated rings. The molecule has 1 atom stereocenters. The van der Waals surface area contributed by atoms with Crippen LogP contribution in [0.5, 0.6) is 5.88 Å². The molecular formula is C28H30F3N3O4. The number of nitrogens with one attached hydrogen (secondary N) is 1. The first-order valence-corrected chi connectivity index (χ1v) is 12.3. The fourth-order valence-corrected chi connectivity index (χ4v) is 3.84. The summed E-state index contributed by atoms with van der Waals surface area (Å²) >= 11 is 0. The molecule has 1 aromatic heterocycles. The van der Waals surface area contributed by atoms with Gasteiger partial charge in [-0.25, -0.2) is 0 Å². The number of ketones is 1. The number of hydrogen-bond acceptors (Lipinski definition) is 6. The summed E-state index contributed by atoms with van der Waals surface area (Å²) in [4.78, 5) is 22.9. The number of hydrogen-bond donors (Lipinski definition) is 2. The van der Waals surface area contributed by atoms with Crippen LogP contribution >= 0.6 is 0 Å². The van der Waals surface area contributed by atoms with E-state index in [0.29, 0.717) is 41.6 Å². The molecule has 3 aromatic rings. The predicted octanol–water partition coefficient (Wildman–Crippen LogP) is 6.51. The van der Waals surface area contributed by atoms with E-state index in [9.17, 15) is 22.8 Å². The van der Waals surface area contributed by atoms with Crippen LogP contribution in [0, 0.1) is 5.92 Å². The molecule has 0 aliphatic carbocycles. The molecule has 0 aliphatic rings. The Kier molecular flexibility index (Phi) is 9.81. The zero-order valence-electron chi connectivity index (χ0n) is 21.2. The molecule has 0 aliphatic heterocycles. The highest BCUT2D eigenvalue weighted by Gasteiger charge is 2.30. The van der Waals surface area contributed by atoms with Crippen molar-refractivity contribution < 1.29 is 32.6 Å². The van der Waals surface area contributed by atoms with E-state index < -0.39 is 17.7 Å². The van der Waals surface area contributed by atoms with Gasteiger partial charge in [-0.05, 0) is 61.2 Å². The molecule has 3 rings (SSSR count). The Hall–Kier alpha value is -3.95. The molecule has 1 heterocycles. The molecule has 2 aromatic carbocycles. The normalized spacial score (nSPS) is 12.3. The van der Waals surface area contributed by atoms with Crippen molar-refractivity contribution in [3.63, 3.8) is 0 Å². The average Bonchev–Trinajstić information content (AvgIpc) is 2.87. The maximum Gasteiger partial charge on any atom is 0.416 e. The van der Waals surface area contributed by atoms with Crippen molar-refractivity contribution in [3.8, 4) is 17.1 Å². The van der Waals surface area contributed by atoms with Gasteiger partial charge in [0.2, 0.25) is 5.88 Å². The van der Waals surface area contributed by atoms with Crippen LogP contribution in [-0.2, 0) is 11.0 Å². The minimum atomic E-state index is -4.40. The Morgan fingerprint density at radius 2 is 1.63 bits per heavy atom. The Bertz CT molecular complexity index is 1200. The third-order valence-electron chi connectivity index (χ3n) is 5.71. The molecule has 0 bridgehead atoms. The van der Waals surface area contributed by atoms with Crippen LogP contribution in [0.15, 0.2) is 60.7 Å². The van der Waals surface area contributed by atoms with Crippen molar-refractivity contribution >= 4 is 17.4 Å². The molecule has 0 saturated heterocycles. The molecule has 0 unspecified atom stereocenters. The lowest BCUT2D eigenvalue weighted by atomic mass is 10.0. The van der Waals surface area contributed by atoms with Gasteiger partial charge in [-0.15, -0.1) is 10.2 Å². The summed E-state index contributed by atoms with van der Waals surface area (Å²) in [5.74, 6) is -0.354. The van der Waals surface area contributed by atoms with Crippen LogP contribution in [0.1, 0.15) is 55.5 Å². The molecule has 0 saturated carbocycles. The van der Waals surface area contributed by atoms with Crippen molar-refractivity contribution in [2.75, 3.05) is 11.9 Å². The molecular weight excluding hydrogens is 499 g/mol. The number of ether oxygens (including phenoxy) is 1. The summed E-state index contributed by atoms with van der Waals surface area (Å²) in [5.41, 5.74) is 1.56. The number of aromatic nitrogens is 2. The van der Waals surface area contributed by atoms with Gasteiger partial charge in [-0.1, -0.05) is 26.0 Å². The highest BCUT2D eigenvalue weighted by molar-refractivity contribution is 5.96. The number of carboxylic acids is 1. The fraction of sp³-hybridized carbons (Fsp3) is 0.357. The summed E-state index contributed by atoms with van der Waals surface area (Å²) in [6.45, 7) is 4.47. The number of nitrogens with zero attached hydrogens (tertiary/aromatic N) is 2. The zero-order chi connectivity index (χ0) is 27.7. The molecule has 0 amide bonds. The van der Waals surface area contributed by atoms with Crippen LogP contribution in [0.25, 0.3) is 11.3 Å². The van der Waals surface area contributed by atoms with E-state index in [4.69, 9.17) is 9.84 Å². The second kappa shape index (κ2) is 13.0. The number of anilines is 1. The summed E-state index contributed by atoms with van der Waals surface area (Å²) < 4.78 is 44.2. The van der Waals surface area contributed by atoms with Crippen molar-refractivity contribution in [2.45, 2.75) is 51.7 Å². The van der Waals surface area contributed by atoms with Crippen LogP contribution in [0.4, 0.5) is 18.9 Å². The number of rotatable bonds is 13.